The fourth-order valence-corrected chi connectivity index (χ4v) is 18.0. The average Bonchev–Trinajstić information content (AvgIpc) is 3.60. The summed E-state index contributed by atoms with van der Waals surface area (Å²) in [6.45, 7) is 10.3. The third kappa shape index (κ3) is 3.75. The molecular formula is C40H40P2S. The van der Waals surface area contributed by atoms with Crippen LogP contribution in [0.3, 0.4) is 0 Å². The molecule has 5 aromatic rings. The lowest BCUT2D eigenvalue weighted by molar-refractivity contribution is -0.0710. The monoisotopic (exact) mass is 614 g/mol. The highest BCUT2D eigenvalue weighted by atomic mass is 32.1. The molecule has 43 heavy (non-hydrogen) atoms. The van der Waals surface area contributed by atoms with E-state index in [0.29, 0.717) is 16.5 Å². The lowest BCUT2D eigenvalue weighted by atomic mass is 9.41. The van der Waals surface area contributed by atoms with Gasteiger partial charge in [-0.25, -0.2) is 0 Å². The van der Waals surface area contributed by atoms with Crippen molar-refractivity contribution >= 4 is 53.7 Å². The third-order valence-electron chi connectivity index (χ3n) is 11.8. The van der Waals surface area contributed by atoms with Gasteiger partial charge in [-0.05, 0) is 92.5 Å². The number of thiophene rings is 1. The molecule has 4 bridgehead atoms. The molecule has 0 nitrogen and oxygen atoms in total. The molecule has 4 aromatic carbocycles. The minimum atomic E-state index is -0.668. The van der Waals surface area contributed by atoms with Crippen LogP contribution in [0.25, 0.3) is 0 Å². The predicted molar refractivity (Wildman–Crippen MR) is 191 cm³/mol. The number of benzene rings is 4. The second-order valence-electron chi connectivity index (χ2n) is 13.5. The van der Waals surface area contributed by atoms with Gasteiger partial charge in [-0.2, -0.15) is 0 Å². The highest BCUT2D eigenvalue weighted by Gasteiger charge is 2.85. The molecule has 3 aliphatic carbocycles. The molecule has 3 saturated carbocycles. The van der Waals surface area contributed by atoms with Gasteiger partial charge in [-0.3, -0.25) is 0 Å². The van der Waals surface area contributed by atoms with Gasteiger partial charge in [0.2, 0.25) is 0 Å². The Bertz CT molecular complexity index is 1690. The molecule has 3 fully saturated rings. The number of hydrogen-bond acceptors (Lipinski definition) is 1. The number of hydrogen-bond donors (Lipinski definition) is 0. The Morgan fingerprint density at radius 3 is 1.58 bits per heavy atom. The molecule has 0 saturated heterocycles. The maximum Gasteiger partial charge on any atom is 0.0111 e. The normalized spacial score (nSPS) is 28.9. The molecule has 3 aliphatic rings. The zero-order valence-electron chi connectivity index (χ0n) is 25.6. The van der Waals surface area contributed by atoms with Crippen molar-refractivity contribution < 1.29 is 0 Å². The van der Waals surface area contributed by atoms with Crippen LogP contribution in [0.4, 0.5) is 0 Å². The molecule has 3 heteroatoms. The van der Waals surface area contributed by atoms with E-state index in [1.54, 1.807) is 26.4 Å². The molecular weight excluding hydrogens is 574 g/mol. The van der Waals surface area contributed by atoms with Crippen molar-refractivity contribution in [1.29, 1.82) is 0 Å². The first-order chi connectivity index (χ1) is 20.9. The van der Waals surface area contributed by atoms with Crippen molar-refractivity contribution in [3.05, 3.63) is 137 Å². The quantitative estimate of drug-likeness (QED) is 0.161. The van der Waals surface area contributed by atoms with E-state index in [4.69, 9.17) is 0 Å². The zero-order chi connectivity index (χ0) is 29.4. The highest BCUT2D eigenvalue weighted by Crippen LogP contribution is 2.90. The first-order valence-electron chi connectivity index (χ1n) is 15.8. The van der Waals surface area contributed by atoms with Crippen LogP contribution in [-0.2, 0) is 5.41 Å². The lowest BCUT2D eigenvalue weighted by Crippen LogP contribution is -2.62. The Morgan fingerprint density at radius 1 is 0.628 bits per heavy atom. The van der Waals surface area contributed by atoms with Crippen molar-refractivity contribution in [3.63, 3.8) is 0 Å². The molecule has 0 aliphatic heterocycles. The van der Waals surface area contributed by atoms with Gasteiger partial charge in [-0.1, -0.05) is 135 Å². The van der Waals surface area contributed by atoms with E-state index in [0.717, 1.165) is 5.92 Å². The van der Waals surface area contributed by atoms with E-state index < -0.39 is 15.8 Å². The van der Waals surface area contributed by atoms with Gasteiger partial charge in [0.25, 0.3) is 0 Å². The molecule has 0 amide bonds. The number of aryl methyl sites for hydroxylation is 2. The summed E-state index contributed by atoms with van der Waals surface area (Å²) in [7, 11) is -1.20. The van der Waals surface area contributed by atoms with Crippen LogP contribution < -0.4 is 26.5 Å². The Balaban J connectivity index is 1.41. The molecule has 5 atom stereocenters. The van der Waals surface area contributed by atoms with Crippen LogP contribution in [-0.4, -0.2) is 5.66 Å². The fraction of sp³-hybridized carbons (Fsp3) is 0.300. The standard InChI is InChI=1S/C40H40P2S/c1-28-35(36(29(2)43-28)41(30-17-9-5-10-18-30)31-19-11-6-12-20-31)40-27-38(3)34(25-26-39(38,40)4)37(40)42(32-21-13-7-14-22-32)33-23-15-8-16-24-33/h5-24,34,37H,25-27H2,1-4H3/t34?,37?,38-,39?,40?/m0/s1. The Hall–Kier alpha value is -2.56. The summed E-state index contributed by atoms with van der Waals surface area (Å²) >= 11 is 2.08. The molecule has 0 spiro atoms. The van der Waals surface area contributed by atoms with Crippen LogP contribution in [0, 0.1) is 30.6 Å². The maximum atomic E-state index is 2.71. The summed E-state index contributed by atoms with van der Waals surface area (Å²) in [5.41, 5.74) is 3.31. The third-order valence-corrected chi connectivity index (χ3v) is 18.7. The number of rotatable bonds is 7. The Morgan fingerprint density at radius 2 is 1.09 bits per heavy atom. The van der Waals surface area contributed by atoms with E-state index in [2.05, 4.69) is 160 Å². The van der Waals surface area contributed by atoms with Crippen LogP contribution in [0.1, 0.15) is 48.4 Å². The highest BCUT2D eigenvalue weighted by molar-refractivity contribution is 7.80. The van der Waals surface area contributed by atoms with Crippen molar-refractivity contribution in [2.75, 3.05) is 0 Å². The summed E-state index contributed by atoms with van der Waals surface area (Å²) in [4.78, 5) is 3.10. The van der Waals surface area contributed by atoms with E-state index >= 15 is 0 Å². The zero-order valence-corrected chi connectivity index (χ0v) is 28.2. The average molecular weight is 615 g/mol. The van der Waals surface area contributed by atoms with E-state index in [9.17, 15) is 0 Å². The topological polar surface area (TPSA) is 0 Å². The van der Waals surface area contributed by atoms with Gasteiger partial charge in [-0.15, -0.1) is 11.3 Å². The largest absolute Gasteiger partial charge is 0.145 e. The first-order valence-corrected chi connectivity index (χ1v) is 19.4. The lowest BCUT2D eigenvalue weighted by Gasteiger charge is -2.64. The van der Waals surface area contributed by atoms with Crippen molar-refractivity contribution in [2.45, 2.75) is 58.0 Å². The molecule has 1 aromatic heterocycles. The summed E-state index contributed by atoms with van der Waals surface area (Å²) in [6.07, 6.45) is 4.07. The predicted octanol–water partition coefficient (Wildman–Crippen LogP) is 8.70. The second kappa shape index (κ2) is 10.2. The summed E-state index contributed by atoms with van der Waals surface area (Å²) in [6, 6.07) is 46.1. The van der Waals surface area contributed by atoms with Gasteiger partial charge < -0.3 is 0 Å². The van der Waals surface area contributed by atoms with E-state index in [1.807, 2.05) is 0 Å². The minimum absolute atomic E-state index is 0.191. The fourth-order valence-electron chi connectivity index (χ4n) is 10.1. The smallest absolute Gasteiger partial charge is 0.0111 e. The molecule has 4 unspecified atom stereocenters. The van der Waals surface area contributed by atoms with Gasteiger partial charge >= 0.3 is 0 Å². The van der Waals surface area contributed by atoms with E-state index in [-0.39, 0.29) is 5.41 Å². The molecule has 216 valence electrons. The summed E-state index contributed by atoms with van der Waals surface area (Å²) < 4.78 is 0. The van der Waals surface area contributed by atoms with Crippen molar-refractivity contribution in [2.24, 2.45) is 16.7 Å². The van der Waals surface area contributed by atoms with Crippen molar-refractivity contribution in [1.82, 2.24) is 0 Å². The van der Waals surface area contributed by atoms with Crippen molar-refractivity contribution in [3.8, 4) is 0 Å². The maximum absolute atomic E-state index is 2.71. The van der Waals surface area contributed by atoms with Gasteiger partial charge in [0, 0.05) is 26.1 Å². The molecule has 0 N–H and O–H groups in total. The van der Waals surface area contributed by atoms with Crippen LogP contribution in [0.15, 0.2) is 121 Å². The molecule has 1 heterocycles. The summed E-state index contributed by atoms with van der Waals surface area (Å²) in [5.74, 6) is 0.760. The van der Waals surface area contributed by atoms with Gasteiger partial charge in [0.15, 0.2) is 0 Å². The Kier molecular flexibility index (Phi) is 6.66. The molecule has 0 radical (unpaired) electrons. The van der Waals surface area contributed by atoms with Gasteiger partial charge in [0.1, 0.15) is 0 Å². The first kappa shape index (κ1) is 28.0. The van der Waals surface area contributed by atoms with Gasteiger partial charge in [0.05, 0.1) is 0 Å². The van der Waals surface area contributed by atoms with Crippen LogP contribution >= 0.6 is 27.2 Å². The second-order valence-corrected chi connectivity index (χ2v) is 19.4. The van der Waals surface area contributed by atoms with E-state index in [1.165, 1.54) is 34.7 Å². The SMILES string of the molecule is Cc1sc(C)c(C23C[C@@]4(C)C(CCC24C)C3P(c2ccccc2)c2ccccc2)c1P(c1ccccc1)c1ccccc1. The van der Waals surface area contributed by atoms with Crippen LogP contribution in [0.2, 0.25) is 0 Å². The summed E-state index contributed by atoms with van der Waals surface area (Å²) in [5, 5.41) is 7.73. The minimum Gasteiger partial charge on any atom is -0.145 e. The Labute approximate surface area is 264 Å². The van der Waals surface area contributed by atoms with Crippen LogP contribution in [0.5, 0.6) is 0 Å². The molecule has 8 rings (SSSR count).